The van der Waals surface area contributed by atoms with E-state index in [-0.39, 0.29) is 11.9 Å². The first-order chi connectivity index (χ1) is 12.4. The Morgan fingerprint density at radius 3 is 2.23 bits per heavy atom. The monoisotopic (exact) mass is 363 g/mol. The van der Waals surface area contributed by atoms with Gasteiger partial charge in [0, 0.05) is 12.1 Å². The number of allylic oxidation sites excluding steroid dienone is 2. The second kappa shape index (κ2) is 11.2. The highest BCUT2D eigenvalue weighted by Crippen LogP contribution is 2.32. The summed E-state index contributed by atoms with van der Waals surface area (Å²) in [5.41, 5.74) is 1.85. The normalized spacial score (nSPS) is 11.8. The molecule has 0 spiro atoms. The number of hydrogen-bond acceptors (Lipinski definition) is 6. The number of hydrogen-bond donors (Lipinski definition) is 0. The van der Waals surface area contributed by atoms with Crippen LogP contribution in [-0.4, -0.2) is 33.5 Å². The molecule has 0 fully saturated rings. The molecule has 1 unspecified atom stereocenters. The third kappa shape index (κ3) is 7.17. The van der Waals surface area contributed by atoms with Crippen LogP contribution in [-0.2, 0) is 9.63 Å². The van der Waals surface area contributed by atoms with Crippen molar-refractivity contribution in [3.05, 3.63) is 29.3 Å². The fourth-order valence-corrected chi connectivity index (χ4v) is 2.38. The summed E-state index contributed by atoms with van der Waals surface area (Å²) in [5, 5.41) is 3.79. The minimum absolute atomic E-state index is 0.235. The van der Waals surface area contributed by atoms with E-state index in [0.717, 1.165) is 12.8 Å². The highest BCUT2D eigenvalue weighted by atomic mass is 16.7. The third-order valence-electron chi connectivity index (χ3n) is 3.82. The third-order valence-corrected chi connectivity index (χ3v) is 3.82. The van der Waals surface area contributed by atoms with E-state index < -0.39 is 0 Å². The minimum Gasteiger partial charge on any atom is -0.496 e. The number of oxime groups is 1. The van der Waals surface area contributed by atoms with Crippen LogP contribution in [0.25, 0.3) is 0 Å². The number of carbonyl (C=O) groups is 1. The number of nitrogens with zero attached hydrogens (tertiary/aromatic N) is 1. The van der Waals surface area contributed by atoms with Gasteiger partial charge in [0.15, 0.2) is 0 Å². The van der Waals surface area contributed by atoms with Gasteiger partial charge in [0.1, 0.15) is 17.2 Å². The van der Waals surface area contributed by atoms with Gasteiger partial charge in [0.2, 0.25) is 0 Å². The van der Waals surface area contributed by atoms with Gasteiger partial charge < -0.3 is 19.0 Å². The van der Waals surface area contributed by atoms with Gasteiger partial charge in [-0.05, 0) is 32.6 Å². The van der Waals surface area contributed by atoms with Crippen molar-refractivity contribution < 1.29 is 23.8 Å². The lowest BCUT2D eigenvalue weighted by atomic mass is 10.0. The van der Waals surface area contributed by atoms with Crippen LogP contribution in [0.4, 0.5) is 0 Å². The summed E-state index contributed by atoms with van der Waals surface area (Å²) in [6, 6.07) is 3.41. The second-order valence-corrected chi connectivity index (χ2v) is 6.31. The van der Waals surface area contributed by atoms with Crippen molar-refractivity contribution in [2.45, 2.75) is 40.0 Å². The van der Waals surface area contributed by atoms with Gasteiger partial charge >= 0.3 is 5.97 Å². The van der Waals surface area contributed by atoms with Crippen molar-refractivity contribution in [2.75, 3.05) is 21.3 Å². The Morgan fingerprint density at radius 2 is 1.73 bits per heavy atom. The van der Waals surface area contributed by atoms with E-state index in [0.29, 0.717) is 29.2 Å². The summed E-state index contributed by atoms with van der Waals surface area (Å²) >= 11 is 0. The summed E-state index contributed by atoms with van der Waals surface area (Å²) < 4.78 is 15.8. The van der Waals surface area contributed by atoms with Crippen LogP contribution >= 0.6 is 0 Å². The van der Waals surface area contributed by atoms with E-state index in [2.05, 4.69) is 25.1 Å². The number of carbonyl (C=O) groups excluding carboxylic acids is 1. The lowest BCUT2D eigenvalue weighted by Crippen LogP contribution is -2.07. The summed E-state index contributed by atoms with van der Waals surface area (Å²) in [7, 11) is 4.62. The zero-order valence-corrected chi connectivity index (χ0v) is 16.5. The Bertz CT molecular complexity index is 623. The molecule has 1 aromatic rings. The van der Waals surface area contributed by atoms with Crippen molar-refractivity contribution in [1.29, 1.82) is 0 Å². The molecule has 0 N–H and O–H groups in total. The highest BCUT2D eigenvalue weighted by molar-refractivity contribution is 5.88. The minimum atomic E-state index is -0.364. The van der Waals surface area contributed by atoms with Gasteiger partial charge in [-0.1, -0.05) is 23.7 Å². The fourth-order valence-electron chi connectivity index (χ4n) is 2.38. The topological polar surface area (TPSA) is 66.3 Å². The summed E-state index contributed by atoms with van der Waals surface area (Å²) in [6.45, 7) is 6.16. The molecule has 0 radical (unpaired) electrons. The summed E-state index contributed by atoms with van der Waals surface area (Å²) in [6.07, 6.45) is 5.79. The van der Waals surface area contributed by atoms with Gasteiger partial charge in [-0.15, -0.1) is 0 Å². The predicted octanol–water partition coefficient (Wildman–Crippen LogP) is 4.36. The fraction of sp³-hybridized carbons (Fsp3) is 0.500. The molecule has 26 heavy (non-hydrogen) atoms. The molecular formula is C20H29NO5. The molecule has 0 amide bonds. The molecule has 0 saturated heterocycles. The molecule has 0 bridgehead atoms. The number of rotatable bonds is 10. The summed E-state index contributed by atoms with van der Waals surface area (Å²) in [5.74, 6) is 1.49. The Labute approximate surface area is 155 Å². The van der Waals surface area contributed by atoms with Crippen molar-refractivity contribution in [1.82, 2.24) is 0 Å². The molecular weight excluding hydrogens is 334 g/mol. The first-order valence-corrected chi connectivity index (χ1v) is 8.57. The van der Waals surface area contributed by atoms with Gasteiger partial charge in [0.05, 0.1) is 39.5 Å². The van der Waals surface area contributed by atoms with Crippen LogP contribution in [0.15, 0.2) is 28.9 Å². The SMILES string of the molecule is COc1cc(OC)c(/C=N\OC(=O)CC(C)CCC=C(C)C)c(OC)c1. The standard InChI is InChI=1S/C20H29NO5/c1-14(2)8-7-9-15(3)10-20(22)26-21-13-17-18(24-5)11-16(23-4)12-19(17)25-6/h8,11-13,15H,7,9-10H2,1-6H3/b21-13-. The van der Waals surface area contributed by atoms with Crippen molar-refractivity contribution >= 4 is 12.2 Å². The Balaban J connectivity index is 2.68. The second-order valence-electron chi connectivity index (χ2n) is 6.31. The predicted molar refractivity (Wildman–Crippen MR) is 102 cm³/mol. The highest BCUT2D eigenvalue weighted by Gasteiger charge is 2.13. The molecule has 1 rings (SSSR count). The molecule has 0 saturated carbocycles. The molecule has 0 aromatic heterocycles. The molecule has 0 aliphatic carbocycles. The smallest absolute Gasteiger partial charge is 0.335 e. The molecule has 144 valence electrons. The van der Waals surface area contributed by atoms with E-state index in [1.54, 1.807) is 19.2 Å². The zero-order valence-electron chi connectivity index (χ0n) is 16.5. The quantitative estimate of drug-likeness (QED) is 0.267. The number of benzene rings is 1. The van der Waals surface area contributed by atoms with Gasteiger partial charge in [0.25, 0.3) is 0 Å². The lowest BCUT2D eigenvalue weighted by molar-refractivity contribution is -0.144. The van der Waals surface area contributed by atoms with Gasteiger partial charge in [-0.3, -0.25) is 0 Å². The average molecular weight is 363 g/mol. The molecule has 6 heteroatoms. The largest absolute Gasteiger partial charge is 0.496 e. The van der Waals surface area contributed by atoms with E-state index in [1.807, 2.05) is 6.92 Å². The number of ether oxygens (including phenoxy) is 3. The van der Waals surface area contributed by atoms with E-state index >= 15 is 0 Å². The molecule has 6 nitrogen and oxygen atoms in total. The first-order valence-electron chi connectivity index (χ1n) is 8.57. The van der Waals surface area contributed by atoms with Crippen molar-refractivity contribution in [2.24, 2.45) is 11.1 Å². The van der Waals surface area contributed by atoms with Crippen LogP contribution in [0.3, 0.4) is 0 Å². The Morgan fingerprint density at radius 1 is 1.12 bits per heavy atom. The Kier molecular flexibility index (Phi) is 9.26. The first kappa shape index (κ1) is 21.5. The molecule has 0 aliphatic heterocycles. The van der Waals surface area contributed by atoms with Crippen LogP contribution in [0, 0.1) is 5.92 Å². The van der Waals surface area contributed by atoms with Crippen LogP contribution in [0.2, 0.25) is 0 Å². The maximum absolute atomic E-state index is 11.9. The number of methoxy groups -OCH3 is 3. The van der Waals surface area contributed by atoms with Crippen LogP contribution < -0.4 is 14.2 Å². The maximum atomic E-state index is 11.9. The molecule has 1 atom stereocenters. The van der Waals surface area contributed by atoms with E-state index in [9.17, 15) is 4.79 Å². The molecule has 1 aromatic carbocycles. The van der Waals surface area contributed by atoms with Crippen LogP contribution in [0.5, 0.6) is 17.2 Å². The van der Waals surface area contributed by atoms with Crippen molar-refractivity contribution in [3.8, 4) is 17.2 Å². The van der Waals surface area contributed by atoms with E-state index in [1.165, 1.54) is 26.0 Å². The average Bonchev–Trinajstić information content (AvgIpc) is 2.60. The summed E-state index contributed by atoms with van der Waals surface area (Å²) in [4.78, 5) is 16.9. The van der Waals surface area contributed by atoms with Gasteiger partial charge in [-0.2, -0.15) is 0 Å². The van der Waals surface area contributed by atoms with Gasteiger partial charge in [-0.25, -0.2) is 4.79 Å². The van der Waals surface area contributed by atoms with Crippen LogP contribution in [0.1, 0.15) is 45.6 Å². The van der Waals surface area contributed by atoms with Crippen molar-refractivity contribution in [3.63, 3.8) is 0 Å². The molecule has 0 heterocycles. The lowest BCUT2D eigenvalue weighted by Gasteiger charge is -2.12. The molecule has 0 aliphatic rings. The Hall–Kier alpha value is -2.50. The van der Waals surface area contributed by atoms with E-state index in [4.69, 9.17) is 19.0 Å². The zero-order chi connectivity index (χ0) is 19.5. The maximum Gasteiger partial charge on any atom is 0.335 e.